The van der Waals surface area contributed by atoms with Crippen LogP contribution in [0, 0.1) is 0 Å². The van der Waals surface area contributed by atoms with Gasteiger partial charge >= 0.3 is 11.8 Å². The first-order chi connectivity index (χ1) is 12.7. The van der Waals surface area contributed by atoms with E-state index in [1.165, 1.54) is 0 Å². The Morgan fingerprint density at radius 2 is 1.54 bits per heavy atom. The van der Waals surface area contributed by atoms with Crippen LogP contribution in [0.25, 0.3) is 0 Å². The summed E-state index contributed by atoms with van der Waals surface area (Å²) in [6, 6.07) is 19.4. The van der Waals surface area contributed by atoms with Crippen LogP contribution in [-0.4, -0.2) is 36.0 Å². The zero-order chi connectivity index (χ0) is 18.2. The maximum absolute atomic E-state index is 12.7. The van der Waals surface area contributed by atoms with E-state index >= 15 is 0 Å². The lowest BCUT2D eigenvalue weighted by molar-refractivity contribution is -0.146. The molecular formula is C21H24N2O3. The number of carbonyl (C=O) groups is 2. The summed E-state index contributed by atoms with van der Waals surface area (Å²) in [5.74, 6) is -1.09. The molecule has 3 rings (SSSR count). The number of hydrogen-bond donors (Lipinski definition) is 1. The van der Waals surface area contributed by atoms with E-state index in [0.29, 0.717) is 19.6 Å². The van der Waals surface area contributed by atoms with E-state index in [-0.39, 0.29) is 6.10 Å². The number of rotatable bonds is 6. The van der Waals surface area contributed by atoms with Gasteiger partial charge < -0.3 is 15.0 Å². The maximum atomic E-state index is 12.7. The third-order valence-electron chi connectivity index (χ3n) is 4.43. The highest BCUT2D eigenvalue weighted by Crippen LogP contribution is 2.12. The molecule has 2 aromatic carbocycles. The molecular weight excluding hydrogens is 328 g/mol. The molecule has 1 saturated heterocycles. The molecule has 1 N–H and O–H groups in total. The molecule has 2 aromatic rings. The summed E-state index contributed by atoms with van der Waals surface area (Å²) < 4.78 is 5.50. The second-order valence-corrected chi connectivity index (χ2v) is 6.48. The third-order valence-corrected chi connectivity index (χ3v) is 4.43. The molecule has 1 fully saturated rings. The zero-order valence-electron chi connectivity index (χ0n) is 14.8. The van der Waals surface area contributed by atoms with Crippen molar-refractivity contribution in [3.63, 3.8) is 0 Å². The van der Waals surface area contributed by atoms with Crippen LogP contribution in [0.4, 0.5) is 0 Å². The van der Waals surface area contributed by atoms with Gasteiger partial charge in [0.2, 0.25) is 0 Å². The minimum absolute atomic E-state index is 0.0171. The van der Waals surface area contributed by atoms with Gasteiger partial charge in [0.15, 0.2) is 0 Å². The quantitative estimate of drug-likeness (QED) is 0.813. The Balaban J connectivity index is 1.66. The number of carbonyl (C=O) groups excluding carboxylic acids is 2. The standard InChI is InChI=1S/C21H24N2O3/c24-20(22-14-19-12-7-13-26-19)21(25)23(15-17-8-3-1-4-9-17)16-18-10-5-2-6-11-18/h1-6,8-11,19H,7,12-16H2,(H,22,24). The van der Waals surface area contributed by atoms with Gasteiger partial charge in [-0.15, -0.1) is 0 Å². The van der Waals surface area contributed by atoms with Gasteiger partial charge in [0.05, 0.1) is 6.10 Å². The van der Waals surface area contributed by atoms with Crippen molar-refractivity contribution in [3.8, 4) is 0 Å². The molecule has 0 radical (unpaired) electrons. The van der Waals surface area contributed by atoms with E-state index in [1.807, 2.05) is 60.7 Å². The topological polar surface area (TPSA) is 58.6 Å². The summed E-state index contributed by atoms with van der Waals surface area (Å²) >= 11 is 0. The smallest absolute Gasteiger partial charge is 0.312 e. The minimum Gasteiger partial charge on any atom is -0.376 e. The average molecular weight is 352 g/mol. The fourth-order valence-electron chi connectivity index (χ4n) is 3.04. The highest BCUT2D eigenvalue weighted by atomic mass is 16.5. The van der Waals surface area contributed by atoms with Crippen molar-refractivity contribution >= 4 is 11.8 Å². The van der Waals surface area contributed by atoms with Crippen molar-refractivity contribution in [2.45, 2.75) is 32.0 Å². The predicted molar refractivity (Wildman–Crippen MR) is 99.1 cm³/mol. The molecule has 1 aliphatic heterocycles. The Bertz CT molecular complexity index is 671. The van der Waals surface area contributed by atoms with E-state index in [9.17, 15) is 9.59 Å². The first kappa shape index (κ1) is 18.1. The van der Waals surface area contributed by atoms with Crippen molar-refractivity contribution in [1.29, 1.82) is 0 Å². The second kappa shape index (κ2) is 9.15. The highest BCUT2D eigenvalue weighted by molar-refractivity contribution is 6.34. The van der Waals surface area contributed by atoms with Crippen LogP contribution in [0.1, 0.15) is 24.0 Å². The maximum Gasteiger partial charge on any atom is 0.312 e. The van der Waals surface area contributed by atoms with E-state index in [4.69, 9.17) is 4.74 Å². The Morgan fingerprint density at radius 1 is 0.962 bits per heavy atom. The van der Waals surface area contributed by atoms with Gasteiger partial charge in [0.25, 0.3) is 0 Å². The van der Waals surface area contributed by atoms with E-state index < -0.39 is 11.8 Å². The fourth-order valence-corrected chi connectivity index (χ4v) is 3.04. The number of hydrogen-bond acceptors (Lipinski definition) is 3. The lowest BCUT2D eigenvalue weighted by Crippen LogP contribution is -2.44. The highest BCUT2D eigenvalue weighted by Gasteiger charge is 2.24. The predicted octanol–water partition coefficient (Wildman–Crippen LogP) is 2.51. The van der Waals surface area contributed by atoms with Gasteiger partial charge in [0, 0.05) is 26.2 Å². The number of benzene rings is 2. The van der Waals surface area contributed by atoms with Gasteiger partial charge in [-0.25, -0.2) is 0 Å². The van der Waals surface area contributed by atoms with Gasteiger partial charge in [-0.05, 0) is 24.0 Å². The molecule has 0 bridgehead atoms. The first-order valence-corrected chi connectivity index (χ1v) is 8.99. The SMILES string of the molecule is O=C(NCC1CCCO1)C(=O)N(Cc1ccccc1)Cc1ccccc1. The molecule has 0 aromatic heterocycles. The van der Waals surface area contributed by atoms with Gasteiger partial charge in [0.1, 0.15) is 0 Å². The van der Waals surface area contributed by atoms with Crippen LogP contribution in [0.5, 0.6) is 0 Å². The normalized spacial score (nSPS) is 16.2. The molecule has 5 nitrogen and oxygen atoms in total. The molecule has 0 aliphatic carbocycles. The largest absolute Gasteiger partial charge is 0.376 e. The Kier molecular flexibility index (Phi) is 6.39. The van der Waals surface area contributed by atoms with Gasteiger partial charge in [-0.3, -0.25) is 9.59 Å². The average Bonchev–Trinajstić information content (AvgIpc) is 3.20. The molecule has 136 valence electrons. The molecule has 0 spiro atoms. The van der Waals surface area contributed by atoms with Crippen molar-refractivity contribution < 1.29 is 14.3 Å². The summed E-state index contributed by atoms with van der Waals surface area (Å²) in [4.78, 5) is 26.7. The fraction of sp³-hybridized carbons (Fsp3) is 0.333. The Labute approximate surface area is 154 Å². The summed E-state index contributed by atoms with van der Waals surface area (Å²) in [5, 5.41) is 2.72. The molecule has 1 atom stereocenters. The summed E-state index contributed by atoms with van der Waals surface area (Å²) in [6.45, 7) is 1.89. The van der Waals surface area contributed by atoms with E-state index in [1.54, 1.807) is 4.90 Å². The van der Waals surface area contributed by atoms with Crippen LogP contribution in [0.15, 0.2) is 60.7 Å². The zero-order valence-corrected chi connectivity index (χ0v) is 14.8. The van der Waals surface area contributed by atoms with Gasteiger partial charge in [-0.2, -0.15) is 0 Å². The van der Waals surface area contributed by atoms with E-state index in [2.05, 4.69) is 5.32 Å². The van der Waals surface area contributed by atoms with E-state index in [0.717, 1.165) is 30.6 Å². The van der Waals surface area contributed by atoms with Crippen molar-refractivity contribution in [1.82, 2.24) is 10.2 Å². The summed E-state index contributed by atoms with van der Waals surface area (Å²) in [6.07, 6.45) is 1.94. The van der Waals surface area contributed by atoms with Gasteiger partial charge in [-0.1, -0.05) is 60.7 Å². The molecule has 2 amide bonds. The minimum atomic E-state index is -0.577. The monoisotopic (exact) mass is 352 g/mol. The van der Waals surface area contributed by atoms with Crippen molar-refractivity contribution in [2.75, 3.05) is 13.2 Å². The first-order valence-electron chi connectivity index (χ1n) is 8.99. The van der Waals surface area contributed by atoms with Crippen molar-refractivity contribution in [2.24, 2.45) is 0 Å². The molecule has 1 heterocycles. The second-order valence-electron chi connectivity index (χ2n) is 6.48. The Hall–Kier alpha value is -2.66. The van der Waals surface area contributed by atoms with Crippen LogP contribution < -0.4 is 5.32 Å². The third kappa shape index (κ3) is 5.17. The number of nitrogens with one attached hydrogen (secondary N) is 1. The van der Waals surface area contributed by atoms with Crippen LogP contribution >= 0.6 is 0 Å². The molecule has 1 aliphatic rings. The summed E-state index contributed by atoms with van der Waals surface area (Å²) in [5.41, 5.74) is 1.98. The molecule has 26 heavy (non-hydrogen) atoms. The van der Waals surface area contributed by atoms with Crippen molar-refractivity contribution in [3.05, 3.63) is 71.8 Å². The number of nitrogens with zero attached hydrogens (tertiary/aromatic N) is 1. The lowest BCUT2D eigenvalue weighted by Gasteiger charge is -2.23. The number of amides is 2. The van der Waals surface area contributed by atoms with Crippen LogP contribution in [-0.2, 0) is 27.4 Å². The van der Waals surface area contributed by atoms with Crippen LogP contribution in [0.3, 0.4) is 0 Å². The number of ether oxygens (including phenoxy) is 1. The van der Waals surface area contributed by atoms with Crippen LogP contribution in [0.2, 0.25) is 0 Å². The molecule has 0 saturated carbocycles. The Morgan fingerprint density at radius 3 is 2.04 bits per heavy atom. The lowest BCUT2D eigenvalue weighted by atomic mass is 10.1. The molecule has 1 unspecified atom stereocenters. The summed E-state index contributed by atoms with van der Waals surface area (Å²) in [7, 11) is 0. The molecule has 5 heteroatoms.